The third-order valence-corrected chi connectivity index (χ3v) is 3.77. The van der Waals surface area contributed by atoms with Crippen LogP contribution in [0, 0.1) is 20.2 Å². The van der Waals surface area contributed by atoms with E-state index in [-0.39, 0.29) is 11.4 Å². The van der Waals surface area contributed by atoms with Crippen molar-refractivity contribution in [3.8, 4) is 0 Å². The lowest BCUT2D eigenvalue weighted by Crippen LogP contribution is -2.31. The van der Waals surface area contributed by atoms with Crippen LogP contribution in [0.5, 0.6) is 0 Å². The van der Waals surface area contributed by atoms with Crippen molar-refractivity contribution >= 4 is 11.4 Å². The number of nitro benzene ring substituents is 2. The Kier molecular flexibility index (Phi) is 4.51. The van der Waals surface area contributed by atoms with Crippen LogP contribution in [0.15, 0.2) is 67.3 Å². The van der Waals surface area contributed by atoms with Gasteiger partial charge in [0.1, 0.15) is 25.5 Å². The van der Waals surface area contributed by atoms with Crippen molar-refractivity contribution in [3.05, 3.63) is 98.6 Å². The highest BCUT2D eigenvalue weighted by molar-refractivity contribution is 5.33. The van der Waals surface area contributed by atoms with Gasteiger partial charge in [0.05, 0.1) is 9.85 Å². The number of nitro groups is 2. The Hall–Kier alpha value is -3.55. The molecule has 0 unspecified atom stereocenters. The van der Waals surface area contributed by atoms with Gasteiger partial charge >= 0.3 is 0 Å². The zero-order valence-electron chi connectivity index (χ0n) is 13.2. The Morgan fingerprint density at radius 2 is 1.36 bits per heavy atom. The number of hydrogen-bond donors (Lipinski definition) is 0. The third kappa shape index (κ3) is 4.05. The molecule has 1 heterocycles. The molecular weight excluding hydrogens is 324 g/mol. The van der Waals surface area contributed by atoms with Crippen molar-refractivity contribution in [1.82, 2.24) is 4.57 Å². The van der Waals surface area contributed by atoms with Gasteiger partial charge in [0.25, 0.3) is 11.4 Å². The topological polar surface area (TPSA) is 95.1 Å². The summed E-state index contributed by atoms with van der Waals surface area (Å²) in [6.45, 7) is 1.20. The molecule has 0 aliphatic heterocycles. The Labute approximate surface area is 142 Å². The molecule has 0 bridgehead atoms. The van der Waals surface area contributed by atoms with Gasteiger partial charge in [0.15, 0.2) is 0 Å². The van der Waals surface area contributed by atoms with Gasteiger partial charge in [0, 0.05) is 24.3 Å². The van der Waals surface area contributed by atoms with Crippen molar-refractivity contribution in [1.29, 1.82) is 0 Å². The van der Waals surface area contributed by atoms with Gasteiger partial charge < -0.3 is 0 Å². The summed E-state index contributed by atoms with van der Waals surface area (Å²) in [6.07, 6.45) is 5.74. The van der Waals surface area contributed by atoms with E-state index in [1.54, 1.807) is 24.3 Å². The fourth-order valence-electron chi connectivity index (χ4n) is 2.49. The van der Waals surface area contributed by atoms with Crippen LogP contribution in [-0.4, -0.2) is 14.4 Å². The summed E-state index contributed by atoms with van der Waals surface area (Å²) in [5, 5.41) is 21.3. The molecule has 1 aromatic heterocycles. The first-order valence-corrected chi connectivity index (χ1v) is 7.53. The molecule has 126 valence electrons. The summed E-state index contributed by atoms with van der Waals surface area (Å²) in [5.74, 6) is 0. The van der Waals surface area contributed by atoms with E-state index < -0.39 is 9.85 Å². The highest BCUT2D eigenvalue weighted by atomic mass is 16.6. The molecule has 0 saturated heterocycles. The lowest BCUT2D eigenvalue weighted by molar-refractivity contribution is -0.687. The smallest absolute Gasteiger partial charge is 0.258 e. The van der Waals surface area contributed by atoms with Gasteiger partial charge in [0.2, 0.25) is 6.33 Å². The van der Waals surface area contributed by atoms with Crippen molar-refractivity contribution in [2.75, 3.05) is 0 Å². The molecule has 0 amide bonds. The van der Waals surface area contributed by atoms with Gasteiger partial charge in [-0.1, -0.05) is 0 Å². The predicted molar refractivity (Wildman–Crippen MR) is 89.0 cm³/mol. The molecular formula is C17H15N4O4+. The maximum atomic E-state index is 10.7. The molecule has 0 aliphatic rings. The molecule has 0 N–H and O–H groups in total. The monoisotopic (exact) mass is 339 g/mol. The van der Waals surface area contributed by atoms with Gasteiger partial charge in [-0.3, -0.25) is 20.2 Å². The minimum absolute atomic E-state index is 0.0736. The number of rotatable bonds is 6. The molecule has 2 aromatic carbocycles. The second kappa shape index (κ2) is 6.91. The van der Waals surface area contributed by atoms with E-state index in [0.717, 1.165) is 11.1 Å². The SMILES string of the molecule is O=[N+]([O-])c1ccc(Cn2cc[n+](Cc3ccc([N+](=O)[O-])cc3)c2)cc1. The van der Waals surface area contributed by atoms with Crippen molar-refractivity contribution in [3.63, 3.8) is 0 Å². The van der Waals surface area contributed by atoms with Crippen molar-refractivity contribution in [2.45, 2.75) is 13.1 Å². The van der Waals surface area contributed by atoms with E-state index in [1.165, 1.54) is 24.3 Å². The Bertz CT molecular complexity index is 827. The molecule has 0 spiro atoms. The first-order chi connectivity index (χ1) is 12.0. The summed E-state index contributed by atoms with van der Waals surface area (Å²) in [6, 6.07) is 12.9. The van der Waals surface area contributed by atoms with Crippen LogP contribution in [0.4, 0.5) is 11.4 Å². The van der Waals surface area contributed by atoms with Crippen LogP contribution >= 0.6 is 0 Å². The maximum absolute atomic E-state index is 10.7. The number of hydrogen-bond acceptors (Lipinski definition) is 4. The number of non-ortho nitro benzene ring substituents is 2. The van der Waals surface area contributed by atoms with Crippen molar-refractivity contribution < 1.29 is 14.4 Å². The maximum Gasteiger partial charge on any atom is 0.269 e. The second-order valence-electron chi connectivity index (χ2n) is 5.61. The minimum atomic E-state index is -0.419. The number of aromatic nitrogens is 2. The average Bonchev–Trinajstić information content (AvgIpc) is 3.02. The second-order valence-corrected chi connectivity index (χ2v) is 5.61. The van der Waals surface area contributed by atoms with Crippen LogP contribution < -0.4 is 4.57 Å². The lowest BCUT2D eigenvalue weighted by atomic mass is 10.2. The highest BCUT2D eigenvalue weighted by Gasteiger charge is 2.09. The van der Waals surface area contributed by atoms with E-state index in [2.05, 4.69) is 0 Å². The van der Waals surface area contributed by atoms with Crippen LogP contribution in [-0.2, 0) is 13.1 Å². The molecule has 0 fully saturated rings. The summed E-state index contributed by atoms with van der Waals surface area (Å²) in [5.41, 5.74) is 2.07. The fourth-order valence-corrected chi connectivity index (χ4v) is 2.49. The zero-order chi connectivity index (χ0) is 17.8. The zero-order valence-corrected chi connectivity index (χ0v) is 13.2. The minimum Gasteiger partial charge on any atom is -0.258 e. The highest BCUT2D eigenvalue weighted by Crippen LogP contribution is 2.13. The van der Waals surface area contributed by atoms with Crippen LogP contribution in [0.1, 0.15) is 11.1 Å². The van der Waals surface area contributed by atoms with E-state index in [4.69, 9.17) is 0 Å². The summed E-state index contributed by atoms with van der Waals surface area (Å²) in [4.78, 5) is 20.5. The van der Waals surface area contributed by atoms with Gasteiger partial charge in [-0.25, -0.2) is 9.13 Å². The molecule has 3 rings (SSSR count). The number of benzene rings is 2. The molecule has 3 aromatic rings. The third-order valence-electron chi connectivity index (χ3n) is 3.77. The molecule has 8 nitrogen and oxygen atoms in total. The largest absolute Gasteiger partial charge is 0.269 e. The van der Waals surface area contributed by atoms with Gasteiger partial charge in [-0.2, -0.15) is 0 Å². The first kappa shape index (κ1) is 16.3. The summed E-state index contributed by atoms with van der Waals surface area (Å²) >= 11 is 0. The lowest BCUT2D eigenvalue weighted by Gasteiger charge is -1.99. The normalized spacial score (nSPS) is 10.6. The van der Waals surface area contributed by atoms with Crippen LogP contribution in [0.2, 0.25) is 0 Å². The first-order valence-electron chi connectivity index (χ1n) is 7.53. The Balaban J connectivity index is 1.65. The molecule has 25 heavy (non-hydrogen) atoms. The van der Waals surface area contributed by atoms with E-state index in [9.17, 15) is 20.2 Å². The van der Waals surface area contributed by atoms with Crippen LogP contribution in [0.3, 0.4) is 0 Å². The molecule has 0 aliphatic carbocycles. The summed E-state index contributed by atoms with van der Waals surface area (Å²) in [7, 11) is 0. The molecule has 8 heteroatoms. The van der Waals surface area contributed by atoms with Gasteiger partial charge in [-0.05, 0) is 35.4 Å². The number of imidazole rings is 1. The van der Waals surface area contributed by atoms with E-state index in [1.807, 2.05) is 27.9 Å². The Morgan fingerprint density at radius 3 is 1.88 bits per heavy atom. The standard InChI is InChI=1S/C17H15N4O4/c22-20(23)16-5-1-14(2-6-16)11-18-9-10-19(13-18)12-15-3-7-17(8-4-15)21(24)25/h1-10,13H,11-12H2/q+1. The van der Waals surface area contributed by atoms with Gasteiger partial charge in [-0.15, -0.1) is 0 Å². The Morgan fingerprint density at radius 1 is 0.840 bits per heavy atom. The quantitative estimate of drug-likeness (QED) is 0.392. The predicted octanol–water partition coefficient (Wildman–Crippen LogP) is 2.69. The van der Waals surface area contributed by atoms with E-state index >= 15 is 0 Å². The molecule has 0 radical (unpaired) electrons. The average molecular weight is 339 g/mol. The van der Waals surface area contributed by atoms with Crippen LogP contribution in [0.25, 0.3) is 0 Å². The number of nitrogens with zero attached hydrogens (tertiary/aromatic N) is 4. The summed E-state index contributed by atoms with van der Waals surface area (Å²) < 4.78 is 3.93. The van der Waals surface area contributed by atoms with Crippen molar-refractivity contribution in [2.24, 2.45) is 0 Å². The fraction of sp³-hybridized carbons (Fsp3) is 0.118. The van der Waals surface area contributed by atoms with E-state index in [0.29, 0.717) is 13.1 Å². The molecule has 0 saturated carbocycles. The molecule has 0 atom stereocenters.